The van der Waals surface area contributed by atoms with Crippen LogP contribution in [0.5, 0.6) is 5.75 Å². The molecule has 112 valence electrons. The monoisotopic (exact) mass is 281 g/mol. The predicted molar refractivity (Wildman–Crippen MR) is 76.9 cm³/mol. The van der Waals surface area contributed by atoms with E-state index in [-0.39, 0.29) is 0 Å². The number of hydrogen-bond acceptors (Lipinski definition) is 4. The first-order valence-electron chi connectivity index (χ1n) is 6.58. The highest BCUT2D eigenvalue weighted by molar-refractivity contribution is 5.67. The molecule has 0 radical (unpaired) electrons. The molecule has 0 unspecified atom stereocenters. The quantitative estimate of drug-likeness (QED) is 0.815. The lowest BCUT2D eigenvalue weighted by Gasteiger charge is -2.19. The van der Waals surface area contributed by atoms with Gasteiger partial charge in [-0.3, -0.25) is 0 Å². The van der Waals surface area contributed by atoms with E-state index in [0.717, 1.165) is 11.3 Å². The largest absolute Gasteiger partial charge is 0.497 e. The van der Waals surface area contributed by atoms with Crippen molar-refractivity contribution in [2.24, 2.45) is 0 Å². The lowest BCUT2D eigenvalue weighted by atomic mass is 10.2. The predicted octanol–water partition coefficient (Wildman–Crippen LogP) is 2.74. The van der Waals surface area contributed by atoms with Crippen molar-refractivity contribution in [1.29, 1.82) is 0 Å². The highest BCUT2D eigenvalue weighted by atomic mass is 16.6. The smallest absolute Gasteiger partial charge is 0.407 e. The van der Waals surface area contributed by atoms with Gasteiger partial charge in [0.1, 0.15) is 11.4 Å². The molecule has 1 N–H and O–H groups in total. The van der Waals surface area contributed by atoms with Crippen LogP contribution in [0.1, 0.15) is 26.3 Å². The molecular formula is C15H23NO4. The van der Waals surface area contributed by atoms with Crippen molar-refractivity contribution in [2.75, 3.05) is 20.3 Å². The molecule has 0 aromatic heterocycles. The number of carbonyl (C=O) groups is 1. The second-order valence-electron chi connectivity index (χ2n) is 5.33. The number of ether oxygens (including phenoxy) is 3. The molecule has 1 rings (SSSR count). The Bertz CT molecular complexity index is 409. The number of methoxy groups -OCH3 is 1. The summed E-state index contributed by atoms with van der Waals surface area (Å²) in [5.74, 6) is 0.820. The SMILES string of the molecule is COc1ccc(COCCNC(=O)OC(C)(C)C)cc1. The normalized spacial score (nSPS) is 11.0. The Morgan fingerprint density at radius 3 is 2.40 bits per heavy atom. The van der Waals surface area contributed by atoms with Crippen LogP contribution < -0.4 is 10.1 Å². The van der Waals surface area contributed by atoms with Gasteiger partial charge in [0.15, 0.2) is 0 Å². The Morgan fingerprint density at radius 2 is 1.85 bits per heavy atom. The van der Waals surface area contributed by atoms with E-state index < -0.39 is 11.7 Å². The average Bonchev–Trinajstić information content (AvgIpc) is 2.37. The molecule has 0 atom stereocenters. The van der Waals surface area contributed by atoms with Crippen LogP contribution in [0.4, 0.5) is 4.79 Å². The molecule has 0 spiro atoms. The molecular weight excluding hydrogens is 258 g/mol. The minimum Gasteiger partial charge on any atom is -0.497 e. The molecule has 5 nitrogen and oxygen atoms in total. The summed E-state index contributed by atoms with van der Waals surface area (Å²) >= 11 is 0. The summed E-state index contributed by atoms with van der Waals surface area (Å²) in [7, 11) is 1.63. The first kappa shape index (κ1) is 16.3. The molecule has 0 heterocycles. The molecule has 5 heteroatoms. The minimum absolute atomic E-state index is 0.422. The fourth-order valence-electron chi connectivity index (χ4n) is 1.45. The van der Waals surface area contributed by atoms with Crippen LogP contribution in [-0.4, -0.2) is 32.0 Å². The number of amides is 1. The number of nitrogens with one attached hydrogen (secondary N) is 1. The van der Waals surface area contributed by atoms with Crippen LogP contribution in [-0.2, 0) is 16.1 Å². The Hall–Kier alpha value is -1.75. The van der Waals surface area contributed by atoms with Crippen molar-refractivity contribution in [3.8, 4) is 5.75 Å². The van der Waals surface area contributed by atoms with Gasteiger partial charge in [-0.1, -0.05) is 12.1 Å². The third kappa shape index (κ3) is 6.99. The Labute approximate surface area is 120 Å². The zero-order valence-electron chi connectivity index (χ0n) is 12.6. The van der Waals surface area contributed by atoms with Crippen molar-refractivity contribution in [3.63, 3.8) is 0 Å². The summed E-state index contributed by atoms with van der Waals surface area (Å²) in [5.41, 5.74) is 0.580. The van der Waals surface area contributed by atoms with E-state index in [1.165, 1.54) is 0 Å². The van der Waals surface area contributed by atoms with Gasteiger partial charge in [-0.25, -0.2) is 4.79 Å². The maximum absolute atomic E-state index is 11.4. The van der Waals surface area contributed by atoms with Gasteiger partial charge in [0.2, 0.25) is 0 Å². The Balaban J connectivity index is 2.14. The van der Waals surface area contributed by atoms with Crippen molar-refractivity contribution >= 4 is 6.09 Å². The molecule has 0 saturated carbocycles. The van der Waals surface area contributed by atoms with Gasteiger partial charge in [0, 0.05) is 6.54 Å². The van der Waals surface area contributed by atoms with Crippen LogP contribution in [0.3, 0.4) is 0 Å². The van der Waals surface area contributed by atoms with Crippen LogP contribution in [0.2, 0.25) is 0 Å². The second-order valence-corrected chi connectivity index (χ2v) is 5.33. The molecule has 1 amide bonds. The fourth-order valence-corrected chi connectivity index (χ4v) is 1.45. The van der Waals surface area contributed by atoms with E-state index in [9.17, 15) is 4.79 Å². The van der Waals surface area contributed by atoms with Gasteiger partial charge in [0.25, 0.3) is 0 Å². The molecule has 0 bridgehead atoms. The Kier molecular flexibility index (Phi) is 6.31. The second kappa shape index (κ2) is 7.75. The molecule has 20 heavy (non-hydrogen) atoms. The van der Waals surface area contributed by atoms with Crippen molar-refractivity contribution < 1.29 is 19.0 Å². The van der Waals surface area contributed by atoms with Gasteiger partial charge >= 0.3 is 6.09 Å². The summed E-state index contributed by atoms with van der Waals surface area (Å²) in [5, 5.41) is 2.64. The molecule has 0 aliphatic heterocycles. The maximum atomic E-state index is 11.4. The molecule has 0 saturated heterocycles. The van der Waals surface area contributed by atoms with Gasteiger partial charge in [0.05, 0.1) is 20.3 Å². The maximum Gasteiger partial charge on any atom is 0.407 e. The van der Waals surface area contributed by atoms with Crippen LogP contribution >= 0.6 is 0 Å². The highest BCUT2D eigenvalue weighted by Gasteiger charge is 2.15. The van der Waals surface area contributed by atoms with E-state index in [0.29, 0.717) is 19.8 Å². The molecule has 1 aromatic carbocycles. The van der Waals surface area contributed by atoms with Crippen molar-refractivity contribution in [3.05, 3.63) is 29.8 Å². The topological polar surface area (TPSA) is 56.8 Å². The number of rotatable bonds is 6. The third-order valence-electron chi connectivity index (χ3n) is 2.34. The van der Waals surface area contributed by atoms with E-state index in [1.807, 2.05) is 45.0 Å². The first-order valence-corrected chi connectivity index (χ1v) is 6.58. The standard InChI is InChI=1S/C15H23NO4/c1-15(2,3)20-14(17)16-9-10-19-11-12-5-7-13(18-4)8-6-12/h5-8H,9-11H2,1-4H3,(H,16,17). The zero-order chi connectivity index (χ0) is 15.0. The lowest BCUT2D eigenvalue weighted by Crippen LogP contribution is -2.34. The molecule has 1 aromatic rings. The number of hydrogen-bond donors (Lipinski definition) is 1. The number of carbonyl (C=O) groups excluding carboxylic acids is 1. The van der Waals surface area contributed by atoms with Crippen LogP contribution in [0.25, 0.3) is 0 Å². The summed E-state index contributed by atoms with van der Waals surface area (Å²) in [6.07, 6.45) is -0.425. The van der Waals surface area contributed by atoms with Gasteiger partial charge in [-0.15, -0.1) is 0 Å². The van der Waals surface area contributed by atoms with Crippen LogP contribution in [0.15, 0.2) is 24.3 Å². The van der Waals surface area contributed by atoms with E-state index in [4.69, 9.17) is 14.2 Å². The van der Waals surface area contributed by atoms with Gasteiger partial charge in [-0.05, 0) is 38.5 Å². The summed E-state index contributed by atoms with van der Waals surface area (Å²) in [4.78, 5) is 11.4. The third-order valence-corrected chi connectivity index (χ3v) is 2.34. The van der Waals surface area contributed by atoms with Crippen LogP contribution in [0, 0.1) is 0 Å². The fraction of sp³-hybridized carbons (Fsp3) is 0.533. The number of alkyl carbamates (subject to hydrolysis) is 1. The first-order chi connectivity index (χ1) is 9.40. The zero-order valence-corrected chi connectivity index (χ0v) is 12.6. The molecule has 0 aliphatic carbocycles. The molecule has 0 fully saturated rings. The van der Waals surface area contributed by atoms with E-state index in [1.54, 1.807) is 7.11 Å². The molecule has 0 aliphatic rings. The Morgan fingerprint density at radius 1 is 1.20 bits per heavy atom. The van der Waals surface area contributed by atoms with E-state index in [2.05, 4.69) is 5.32 Å². The number of benzene rings is 1. The highest BCUT2D eigenvalue weighted by Crippen LogP contribution is 2.11. The average molecular weight is 281 g/mol. The van der Waals surface area contributed by atoms with Crippen molar-refractivity contribution in [2.45, 2.75) is 33.0 Å². The van der Waals surface area contributed by atoms with Gasteiger partial charge < -0.3 is 19.5 Å². The summed E-state index contributed by atoms with van der Waals surface area (Å²) < 4.78 is 15.6. The summed E-state index contributed by atoms with van der Waals surface area (Å²) in [6.45, 7) is 6.84. The lowest BCUT2D eigenvalue weighted by molar-refractivity contribution is 0.0494. The minimum atomic E-state index is -0.478. The van der Waals surface area contributed by atoms with Gasteiger partial charge in [-0.2, -0.15) is 0 Å². The van der Waals surface area contributed by atoms with Crippen molar-refractivity contribution in [1.82, 2.24) is 5.32 Å². The summed E-state index contributed by atoms with van der Waals surface area (Å²) in [6, 6.07) is 7.66. The van der Waals surface area contributed by atoms with E-state index >= 15 is 0 Å².